The van der Waals surface area contributed by atoms with Gasteiger partial charge in [0.05, 0.1) is 12.1 Å². The van der Waals surface area contributed by atoms with Gasteiger partial charge in [0.2, 0.25) is 0 Å². The normalized spacial score (nSPS) is 12.2. The maximum atomic E-state index is 13.2. The van der Waals surface area contributed by atoms with Crippen LogP contribution < -0.4 is 5.32 Å². The molecule has 0 radical (unpaired) electrons. The highest BCUT2D eigenvalue weighted by atomic mass is 19.1. The molecule has 0 aliphatic carbocycles. The lowest BCUT2D eigenvalue weighted by atomic mass is 10.0. The molecule has 1 N–H and O–H groups in total. The summed E-state index contributed by atoms with van der Waals surface area (Å²) in [5.74, 6) is -0.774. The molecule has 4 rings (SSSR count). The van der Waals surface area contributed by atoms with Crippen molar-refractivity contribution in [3.8, 4) is 0 Å². The van der Waals surface area contributed by atoms with Crippen molar-refractivity contribution < 1.29 is 14.0 Å². The monoisotopic (exact) mass is 486 g/mol. The van der Waals surface area contributed by atoms with Crippen LogP contribution in [0.15, 0.2) is 89.4 Å². The van der Waals surface area contributed by atoms with Gasteiger partial charge in [0.1, 0.15) is 5.82 Å². The third-order valence-electron chi connectivity index (χ3n) is 4.65. The molecule has 0 spiro atoms. The number of halogens is 1. The molecule has 1 amide bonds. The summed E-state index contributed by atoms with van der Waals surface area (Å²) in [4.78, 5) is 29.6. The summed E-state index contributed by atoms with van der Waals surface area (Å²) >= 11 is 0. The molecule has 1 aliphatic rings. The Morgan fingerprint density at radius 3 is 2.03 bits per heavy atom. The molecule has 3 aromatic carbocycles. The average molecular weight is 487 g/mol. The SMILES string of the molecule is CC.CC(C)(C)C.O=C(Nc1cccc(C(=O)c2ccccc2)c1)C1=C(c2ccc(F)cc2)CN=C1. The van der Waals surface area contributed by atoms with Crippen molar-refractivity contribution >= 4 is 29.2 Å². The molecule has 0 saturated carbocycles. The van der Waals surface area contributed by atoms with E-state index in [0.29, 0.717) is 34.3 Å². The smallest absolute Gasteiger partial charge is 0.257 e. The van der Waals surface area contributed by atoms with Gasteiger partial charge in [-0.05, 0) is 40.8 Å². The van der Waals surface area contributed by atoms with Gasteiger partial charge in [-0.15, -0.1) is 0 Å². The standard InChI is InChI=1S/C24H17FN2O2.C5H12.C2H6/c25-19-11-9-16(10-12-19)21-14-26-15-22(21)24(29)27-20-8-4-7-18(13-20)23(28)17-5-2-1-3-6-17;1-5(2,3)4;1-2/h1-13,15H,14H2,(H,27,29);1-4H3;1-2H3. The third kappa shape index (κ3) is 8.73. The second-order valence-electron chi connectivity index (χ2n) is 9.60. The van der Waals surface area contributed by atoms with Gasteiger partial charge in [-0.25, -0.2) is 4.39 Å². The fourth-order valence-electron chi connectivity index (χ4n) is 3.18. The highest BCUT2D eigenvalue weighted by molar-refractivity contribution is 6.24. The molecule has 188 valence electrons. The van der Waals surface area contributed by atoms with Gasteiger partial charge in [0, 0.05) is 23.0 Å². The van der Waals surface area contributed by atoms with Crippen LogP contribution in [0.25, 0.3) is 5.57 Å². The molecule has 0 saturated heterocycles. The number of amides is 1. The van der Waals surface area contributed by atoms with Crippen LogP contribution in [0.5, 0.6) is 0 Å². The molecule has 5 heteroatoms. The van der Waals surface area contributed by atoms with Crippen molar-refractivity contribution in [2.75, 3.05) is 11.9 Å². The van der Waals surface area contributed by atoms with Crippen molar-refractivity contribution in [2.24, 2.45) is 10.4 Å². The minimum Gasteiger partial charge on any atom is -0.322 e. The molecule has 0 atom stereocenters. The molecule has 36 heavy (non-hydrogen) atoms. The van der Waals surface area contributed by atoms with E-state index >= 15 is 0 Å². The molecular formula is C31H35FN2O2. The highest BCUT2D eigenvalue weighted by Crippen LogP contribution is 2.24. The number of hydrogen-bond acceptors (Lipinski definition) is 3. The first kappa shape index (κ1) is 28.4. The van der Waals surface area contributed by atoms with Crippen LogP contribution >= 0.6 is 0 Å². The number of rotatable bonds is 5. The fourth-order valence-corrected chi connectivity index (χ4v) is 3.18. The molecule has 1 heterocycles. The number of benzene rings is 3. The Morgan fingerprint density at radius 1 is 0.833 bits per heavy atom. The van der Waals surface area contributed by atoms with Crippen molar-refractivity contribution in [1.82, 2.24) is 0 Å². The van der Waals surface area contributed by atoms with E-state index in [9.17, 15) is 14.0 Å². The van der Waals surface area contributed by atoms with Gasteiger partial charge in [0.25, 0.3) is 5.91 Å². The Balaban J connectivity index is 0.000000583. The van der Waals surface area contributed by atoms with Gasteiger partial charge < -0.3 is 5.32 Å². The summed E-state index contributed by atoms with van der Waals surface area (Å²) in [5.41, 5.74) is 4.00. The van der Waals surface area contributed by atoms with Crippen LogP contribution in [0.3, 0.4) is 0 Å². The molecule has 3 aromatic rings. The number of nitrogens with zero attached hydrogens (tertiary/aromatic N) is 1. The second kappa shape index (κ2) is 13.3. The summed E-state index contributed by atoms with van der Waals surface area (Å²) in [5, 5.41) is 2.83. The van der Waals surface area contributed by atoms with Crippen LogP contribution in [-0.2, 0) is 4.79 Å². The van der Waals surface area contributed by atoms with E-state index in [4.69, 9.17) is 0 Å². The van der Waals surface area contributed by atoms with Crippen molar-refractivity contribution in [1.29, 1.82) is 0 Å². The number of carbonyl (C=O) groups excluding carboxylic acids is 2. The Hall–Kier alpha value is -3.86. The van der Waals surface area contributed by atoms with Crippen molar-refractivity contribution in [3.05, 3.63) is 107 Å². The lowest BCUT2D eigenvalue weighted by molar-refractivity contribution is -0.112. The molecule has 0 unspecified atom stereocenters. The Morgan fingerprint density at radius 2 is 1.42 bits per heavy atom. The van der Waals surface area contributed by atoms with E-state index in [2.05, 4.69) is 38.0 Å². The maximum Gasteiger partial charge on any atom is 0.257 e. The Labute approximate surface area is 214 Å². The minimum atomic E-state index is -0.334. The average Bonchev–Trinajstić information content (AvgIpc) is 3.35. The van der Waals surface area contributed by atoms with Crippen LogP contribution in [0.4, 0.5) is 10.1 Å². The topological polar surface area (TPSA) is 58.5 Å². The van der Waals surface area contributed by atoms with Crippen LogP contribution in [0, 0.1) is 11.2 Å². The quantitative estimate of drug-likeness (QED) is 0.377. The molecule has 0 bridgehead atoms. The van der Waals surface area contributed by atoms with Gasteiger partial charge in [-0.3, -0.25) is 14.6 Å². The predicted molar refractivity (Wildman–Crippen MR) is 148 cm³/mol. The maximum absolute atomic E-state index is 13.2. The summed E-state index contributed by atoms with van der Waals surface area (Å²) in [7, 11) is 0. The Bertz CT molecular complexity index is 1220. The van der Waals surface area contributed by atoms with E-state index in [1.165, 1.54) is 18.3 Å². The number of hydrogen-bond donors (Lipinski definition) is 1. The molecule has 0 fully saturated rings. The first-order valence-electron chi connectivity index (χ1n) is 12.1. The molecular weight excluding hydrogens is 451 g/mol. The predicted octanol–water partition coefficient (Wildman–Crippen LogP) is 7.61. The van der Waals surface area contributed by atoms with Crippen LogP contribution in [0.1, 0.15) is 63.0 Å². The van der Waals surface area contributed by atoms with Crippen LogP contribution in [0.2, 0.25) is 0 Å². The van der Waals surface area contributed by atoms with Gasteiger partial charge in [-0.2, -0.15) is 0 Å². The number of aliphatic imine (C=N–C) groups is 1. The number of anilines is 1. The molecule has 4 nitrogen and oxygen atoms in total. The lowest BCUT2D eigenvalue weighted by Gasteiger charge is -2.09. The largest absolute Gasteiger partial charge is 0.322 e. The number of ketones is 1. The molecule has 0 aromatic heterocycles. The number of nitrogens with one attached hydrogen (secondary N) is 1. The first-order valence-corrected chi connectivity index (χ1v) is 12.1. The zero-order valence-corrected chi connectivity index (χ0v) is 21.9. The lowest BCUT2D eigenvalue weighted by Crippen LogP contribution is -2.16. The Kier molecular flexibility index (Phi) is 10.5. The van der Waals surface area contributed by atoms with Gasteiger partial charge >= 0.3 is 0 Å². The van der Waals surface area contributed by atoms with Crippen molar-refractivity contribution in [3.63, 3.8) is 0 Å². The van der Waals surface area contributed by atoms with E-state index in [-0.39, 0.29) is 17.5 Å². The van der Waals surface area contributed by atoms with Gasteiger partial charge in [-0.1, -0.05) is 96.1 Å². The summed E-state index contributed by atoms with van der Waals surface area (Å²) in [6, 6.07) is 21.8. The third-order valence-corrected chi connectivity index (χ3v) is 4.65. The summed E-state index contributed by atoms with van der Waals surface area (Å²) in [6.45, 7) is 13.1. The first-order chi connectivity index (χ1) is 17.1. The van der Waals surface area contributed by atoms with Crippen LogP contribution in [-0.4, -0.2) is 24.4 Å². The van der Waals surface area contributed by atoms with E-state index in [1.54, 1.807) is 48.5 Å². The van der Waals surface area contributed by atoms with Gasteiger partial charge in [0.15, 0.2) is 5.78 Å². The number of carbonyl (C=O) groups is 2. The summed E-state index contributed by atoms with van der Waals surface area (Å²) in [6.07, 6.45) is 1.52. The summed E-state index contributed by atoms with van der Waals surface area (Å²) < 4.78 is 13.2. The zero-order valence-electron chi connectivity index (χ0n) is 21.9. The zero-order chi connectivity index (χ0) is 26.7. The minimum absolute atomic E-state index is 0.115. The van der Waals surface area contributed by atoms with E-state index in [1.807, 2.05) is 32.0 Å². The van der Waals surface area contributed by atoms with Crippen molar-refractivity contribution in [2.45, 2.75) is 41.5 Å². The fraction of sp³-hybridized carbons (Fsp3) is 0.258. The van der Waals surface area contributed by atoms with E-state index in [0.717, 1.165) is 11.1 Å². The highest BCUT2D eigenvalue weighted by Gasteiger charge is 2.20. The van der Waals surface area contributed by atoms with E-state index < -0.39 is 0 Å². The molecule has 1 aliphatic heterocycles. The second-order valence-corrected chi connectivity index (χ2v) is 9.60.